The highest BCUT2D eigenvalue weighted by molar-refractivity contribution is 14.0. The molecule has 0 bridgehead atoms. The maximum absolute atomic E-state index is 6.25. The van der Waals surface area contributed by atoms with Crippen LogP contribution in [0.25, 0.3) is 0 Å². The van der Waals surface area contributed by atoms with Gasteiger partial charge in [-0.05, 0) is 52.5 Å². The summed E-state index contributed by atoms with van der Waals surface area (Å²) in [6, 6.07) is 4.11. The number of pyridine rings is 1. The van der Waals surface area contributed by atoms with Gasteiger partial charge in [0.25, 0.3) is 0 Å². The quantitative estimate of drug-likeness (QED) is 0.272. The summed E-state index contributed by atoms with van der Waals surface area (Å²) in [5.41, 5.74) is 0. The Morgan fingerprint density at radius 3 is 2.96 bits per heavy atom. The molecule has 25 heavy (non-hydrogen) atoms. The summed E-state index contributed by atoms with van der Waals surface area (Å²) in [6.07, 6.45) is 3.90. The lowest BCUT2D eigenvalue weighted by atomic mass is 10.3. The van der Waals surface area contributed by atoms with Crippen LogP contribution < -0.4 is 15.5 Å². The molecule has 2 rings (SSSR count). The largest absolute Gasteiger partial charge is 0.357 e. The van der Waals surface area contributed by atoms with Crippen molar-refractivity contribution in [1.82, 2.24) is 20.5 Å². The van der Waals surface area contributed by atoms with Gasteiger partial charge in [0.1, 0.15) is 5.82 Å². The standard InChI is InChI=1S/C17H29ClN6.HI/c1-4-19-17(21-10-6-11-23(2)3)22-14-8-12-24(13-14)16-15(18)7-5-9-20-16;/h5,7,9,14H,4,6,8,10-13H2,1-3H3,(H2,19,21,22);1H. The van der Waals surface area contributed by atoms with Crippen molar-refractivity contribution in [1.29, 1.82) is 0 Å². The summed E-state index contributed by atoms with van der Waals surface area (Å²) in [4.78, 5) is 13.5. The van der Waals surface area contributed by atoms with Gasteiger partial charge in [0, 0.05) is 38.4 Å². The molecular weight excluding hydrogens is 451 g/mol. The third-order valence-corrected chi connectivity index (χ3v) is 4.24. The molecule has 2 N–H and O–H groups in total. The fourth-order valence-corrected chi connectivity index (χ4v) is 3.01. The normalized spacial score (nSPS) is 17.6. The zero-order chi connectivity index (χ0) is 17.4. The Hall–Kier alpha value is -0.800. The minimum Gasteiger partial charge on any atom is -0.357 e. The number of nitrogens with zero attached hydrogens (tertiary/aromatic N) is 4. The molecule has 1 unspecified atom stereocenters. The molecule has 0 saturated carbocycles. The first-order chi connectivity index (χ1) is 11.6. The third-order valence-electron chi connectivity index (χ3n) is 3.95. The molecule has 1 aromatic heterocycles. The first-order valence-electron chi connectivity index (χ1n) is 8.65. The van der Waals surface area contributed by atoms with E-state index in [2.05, 4.69) is 51.4 Å². The molecule has 6 nitrogen and oxygen atoms in total. The average molecular weight is 481 g/mol. The Bertz CT molecular complexity index is 540. The van der Waals surface area contributed by atoms with Crippen LogP contribution in [0.1, 0.15) is 19.8 Å². The predicted molar refractivity (Wildman–Crippen MR) is 118 cm³/mol. The van der Waals surface area contributed by atoms with Crippen LogP contribution in [0.3, 0.4) is 0 Å². The zero-order valence-corrected chi connectivity index (χ0v) is 18.4. The fraction of sp³-hybridized carbons (Fsp3) is 0.647. The van der Waals surface area contributed by atoms with Gasteiger partial charge in [0.15, 0.2) is 5.96 Å². The van der Waals surface area contributed by atoms with E-state index in [0.717, 1.165) is 57.3 Å². The number of rotatable bonds is 7. The molecule has 1 saturated heterocycles. The van der Waals surface area contributed by atoms with E-state index in [-0.39, 0.29) is 24.0 Å². The van der Waals surface area contributed by atoms with Crippen molar-refractivity contribution >= 4 is 47.4 Å². The molecule has 1 aliphatic rings. The first kappa shape index (κ1) is 22.2. The lowest BCUT2D eigenvalue weighted by Gasteiger charge is -2.20. The van der Waals surface area contributed by atoms with Crippen molar-refractivity contribution in [3.63, 3.8) is 0 Å². The van der Waals surface area contributed by atoms with Crippen LogP contribution in [0, 0.1) is 0 Å². The van der Waals surface area contributed by atoms with Crippen LogP contribution in [0.2, 0.25) is 5.02 Å². The van der Waals surface area contributed by atoms with Crippen molar-refractivity contribution in [3.8, 4) is 0 Å². The smallest absolute Gasteiger partial charge is 0.191 e. The van der Waals surface area contributed by atoms with Gasteiger partial charge in [-0.15, -0.1) is 24.0 Å². The van der Waals surface area contributed by atoms with Gasteiger partial charge in [-0.3, -0.25) is 4.99 Å². The highest BCUT2D eigenvalue weighted by Crippen LogP contribution is 2.25. The summed E-state index contributed by atoms with van der Waals surface area (Å²) in [5.74, 6) is 1.77. The Morgan fingerprint density at radius 1 is 1.48 bits per heavy atom. The Labute approximate surface area is 173 Å². The lowest BCUT2D eigenvalue weighted by molar-refractivity contribution is 0.403. The monoisotopic (exact) mass is 480 g/mol. The number of hydrogen-bond acceptors (Lipinski definition) is 4. The number of nitrogens with one attached hydrogen (secondary N) is 2. The number of anilines is 1. The van der Waals surface area contributed by atoms with E-state index >= 15 is 0 Å². The number of aromatic nitrogens is 1. The van der Waals surface area contributed by atoms with Crippen LogP contribution in [-0.2, 0) is 0 Å². The van der Waals surface area contributed by atoms with Gasteiger partial charge >= 0.3 is 0 Å². The van der Waals surface area contributed by atoms with Crippen molar-refractivity contribution in [2.75, 3.05) is 51.7 Å². The molecule has 0 radical (unpaired) electrons. The number of aliphatic imine (C=N–C) groups is 1. The molecule has 1 aromatic rings. The highest BCUT2D eigenvalue weighted by atomic mass is 127. The minimum atomic E-state index is 0. The molecule has 0 aromatic carbocycles. The highest BCUT2D eigenvalue weighted by Gasteiger charge is 2.25. The van der Waals surface area contributed by atoms with Gasteiger partial charge < -0.3 is 20.4 Å². The Balaban J connectivity index is 0.00000312. The Kier molecular flexibility index (Phi) is 10.4. The maximum atomic E-state index is 6.25. The minimum absolute atomic E-state index is 0. The van der Waals surface area contributed by atoms with Gasteiger partial charge in [-0.2, -0.15) is 0 Å². The number of hydrogen-bond donors (Lipinski definition) is 2. The first-order valence-corrected chi connectivity index (χ1v) is 9.03. The van der Waals surface area contributed by atoms with Crippen LogP contribution in [0.15, 0.2) is 23.3 Å². The van der Waals surface area contributed by atoms with Gasteiger partial charge in [0.05, 0.1) is 5.02 Å². The van der Waals surface area contributed by atoms with Crippen molar-refractivity contribution < 1.29 is 0 Å². The molecule has 8 heteroatoms. The van der Waals surface area contributed by atoms with Crippen LogP contribution >= 0.6 is 35.6 Å². The van der Waals surface area contributed by atoms with Crippen molar-refractivity contribution in [3.05, 3.63) is 23.4 Å². The summed E-state index contributed by atoms with van der Waals surface area (Å²) >= 11 is 6.25. The topological polar surface area (TPSA) is 55.8 Å². The molecule has 142 valence electrons. The van der Waals surface area contributed by atoms with Gasteiger partial charge in [-0.25, -0.2) is 4.98 Å². The van der Waals surface area contributed by atoms with E-state index in [4.69, 9.17) is 11.6 Å². The van der Waals surface area contributed by atoms with E-state index in [0.29, 0.717) is 11.1 Å². The molecule has 0 aliphatic carbocycles. The van der Waals surface area contributed by atoms with E-state index < -0.39 is 0 Å². The van der Waals surface area contributed by atoms with Crippen LogP contribution in [-0.4, -0.2) is 68.7 Å². The predicted octanol–water partition coefficient (Wildman–Crippen LogP) is 2.44. The van der Waals surface area contributed by atoms with E-state index in [9.17, 15) is 0 Å². The second kappa shape index (κ2) is 11.7. The molecule has 1 aliphatic heterocycles. The van der Waals surface area contributed by atoms with Crippen LogP contribution in [0.5, 0.6) is 0 Å². The third kappa shape index (κ3) is 7.53. The second-order valence-electron chi connectivity index (χ2n) is 6.30. The van der Waals surface area contributed by atoms with Crippen molar-refractivity contribution in [2.45, 2.75) is 25.8 Å². The average Bonchev–Trinajstić information content (AvgIpc) is 3.00. The molecule has 0 spiro atoms. The van der Waals surface area contributed by atoms with Gasteiger partial charge in [0.2, 0.25) is 0 Å². The second-order valence-corrected chi connectivity index (χ2v) is 6.71. The molecule has 1 fully saturated rings. The number of guanidine groups is 1. The summed E-state index contributed by atoms with van der Waals surface area (Å²) in [6.45, 7) is 6.68. The lowest BCUT2D eigenvalue weighted by Crippen LogP contribution is -2.44. The van der Waals surface area contributed by atoms with E-state index in [1.165, 1.54) is 0 Å². The fourth-order valence-electron chi connectivity index (χ4n) is 2.77. The van der Waals surface area contributed by atoms with Gasteiger partial charge in [-0.1, -0.05) is 11.6 Å². The molecule has 0 amide bonds. The number of halogens is 2. The van der Waals surface area contributed by atoms with Crippen LogP contribution in [0.4, 0.5) is 5.82 Å². The SMILES string of the molecule is CCNC(=NCCCN(C)C)NC1CCN(c2ncccc2Cl)C1.I. The summed E-state index contributed by atoms with van der Waals surface area (Å²) < 4.78 is 0. The molecular formula is C17H30ClIN6. The molecule has 2 heterocycles. The van der Waals surface area contributed by atoms with E-state index in [1.54, 1.807) is 6.20 Å². The summed E-state index contributed by atoms with van der Waals surface area (Å²) in [7, 11) is 4.17. The Morgan fingerprint density at radius 2 is 2.28 bits per heavy atom. The summed E-state index contributed by atoms with van der Waals surface area (Å²) in [5, 5.41) is 7.58. The zero-order valence-electron chi connectivity index (χ0n) is 15.3. The van der Waals surface area contributed by atoms with Crippen molar-refractivity contribution in [2.24, 2.45) is 4.99 Å². The molecule has 1 atom stereocenters. The van der Waals surface area contributed by atoms with E-state index in [1.807, 2.05) is 12.1 Å². The maximum Gasteiger partial charge on any atom is 0.191 e.